The maximum Gasteiger partial charge on any atom is 0.0414 e. The van der Waals surface area contributed by atoms with Gasteiger partial charge in [-0.1, -0.05) is 57.9 Å². The first-order valence-electron chi connectivity index (χ1n) is 7.32. The van der Waals surface area contributed by atoms with Crippen LogP contribution in [-0.2, 0) is 0 Å². The molecule has 0 aliphatic rings. The summed E-state index contributed by atoms with van der Waals surface area (Å²) in [6.45, 7) is 4.25. The normalized spacial score (nSPS) is 10.5. The van der Waals surface area contributed by atoms with Crippen LogP contribution in [0.25, 0.3) is 11.1 Å². The van der Waals surface area contributed by atoms with E-state index in [1.54, 1.807) is 0 Å². The van der Waals surface area contributed by atoms with E-state index < -0.39 is 0 Å². The lowest BCUT2D eigenvalue weighted by molar-refractivity contribution is 1.37. The molecule has 0 aliphatic carbocycles. The van der Waals surface area contributed by atoms with Crippen molar-refractivity contribution in [2.75, 3.05) is 5.32 Å². The van der Waals surface area contributed by atoms with Gasteiger partial charge in [-0.25, -0.2) is 0 Å². The van der Waals surface area contributed by atoms with Crippen LogP contribution in [0.5, 0.6) is 0 Å². The average Bonchev–Trinajstić information content (AvgIpc) is 2.52. The molecule has 3 aromatic rings. The lowest BCUT2D eigenvalue weighted by Crippen LogP contribution is -1.93. The van der Waals surface area contributed by atoms with E-state index in [0.29, 0.717) is 0 Å². The van der Waals surface area contributed by atoms with Gasteiger partial charge in [-0.3, -0.25) is 0 Å². The van der Waals surface area contributed by atoms with Crippen LogP contribution in [0.4, 0.5) is 11.4 Å². The largest absolute Gasteiger partial charge is 0.355 e. The van der Waals surface area contributed by atoms with Gasteiger partial charge in [0.25, 0.3) is 0 Å². The van der Waals surface area contributed by atoms with E-state index in [9.17, 15) is 0 Å². The fraction of sp³-hybridized carbons (Fsp3) is 0.100. The van der Waals surface area contributed by atoms with Crippen LogP contribution in [0.15, 0.2) is 71.2 Å². The van der Waals surface area contributed by atoms with Crippen LogP contribution in [0.3, 0.4) is 0 Å². The minimum absolute atomic E-state index is 1.10. The van der Waals surface area contributed by atoms with Crippen molar-refractivity contribution in [2.24, 2.45) is 0 Å². The number of hydrogen-bond acceptors (Lipinski definition) is 1. The first-order valence-corrected chi connectivity index (χ1v) is 8.11. The Labute approximate surface area is 140 Å². The van der Waals surface area contributed by atoms with Crippen LogP contribution in [-0.4, -0.2) is 0 Å². The molecule has 0 aliphatic heterocycles. The Morgan fingerprint density at radius 3 is 1.91 bits per heavy atom. The van der Waals surface area contributed by atoms with Crippen LogP contribution in [0, 0.1) is 13.8 Å². The summed E-state index contributed by atoms with van der Waals surface area (Å²) in [5.41, 5.74) is 7.25. The summed E-state index contributed by atoms with van der Waals surface area (Å²) in [5.74, 6) is 0. The molecule has 1 N–H and O–H groups in total. The minimum atomic E-state index is 1.10. The number of halogens is 1. The van der Waals surface area contributed by atoms with E-state index in [0.717, 1.165) is 15.8 Å². The molecule has 0 radical (unpaired) electrons. The second kappa shape index (κ2) is 6.37. The second-order valence-corrected chi connectivity index (χ2v) is 6.44. The van der Waals surface area contributed by atoms with Gasteiger partial charge >= 0.3 is 0 Å². The Morgan fingerprint density at radius 1 is 0.727 bits per heavy atom. The van der Waals surface area contributed by atoms with Crippen LogP contribution in [0.2, 0.25) is 0 Å². The Morgan fingerprint density at radius 2 is 1.32 bits per heavy atom. The van der Waals surface area contributed by atoms with Gasteiger partial charge in [-0.2, -0.15) is 0 Å². The first kappa shape index (κ1) is 14.9. The number of aryl methyl sites for hydroxylation is 2. The lowest BCUT2D eigenvalue weighted by Gasteiger charge is -2.11. The molecule has 3 aromatic carbocycles. The minimum Gasteiger partial charge on any atom is -0.355 e. The van der Waals surface area contributed by atoms with Gasteiger partial charge in [0, 0.05) is 15.8 Å². The molecule has 0 saturated heterocycles. The standard InChI is InChI=1S/C20H18BrN/c1-14-3-12-20(15(2)13-14)22-19-10-6-17(7-11-19)16-4-8-18(21)9-5-16/h3-13,22H,1-2H3. The molecule has 0 heterocycles. The van der Waals surface area contributed by atoms with Crippen molar-refractivity contribution in [3.8, 4) is 11.1 Å². The summed E-state index contributed by atoms with van der Waals surface area (Å²) in [6.07, 6.45) is 0. The fourth-order valence-corrected chi connectivity index (χ4v) is 2.76. The molecule has 0 fully saturated rings. The average molecular weight is 352 g/mol. The summed E-state index contributed by atoms with van der Waals surface area (Å²) in [4.78, 5) is 0. The van der Waals surface area contributed by atoms with Crippen LogP contribution >= 0.6 is 15.9 Å². The molecule has 0 unspecified atom stereocenters. The Balaban J connectivity index is 1.80. The molecular weight excluding hydrogens is 334 g/mol. The number of benzene rings is 3. The summed E-state index contributed by atoms with van der Waals surface area (Å²) in [5, 5.41) is 3.48. The van der Waals surface area contributed by atoms with Gasteiger partial charge in [0.15, 0.2) is 0 Å². The van der Waals surface area contributed by atoms with E-state index in [1.807, 2.05) is 0 Å². The molecule has 0 saturated carbocycles. The van der Waals surface area contributed by atoms with Gasteiger partial charge in [-0.15, -0.1) is 0 Å². The quantitative estimate of drug-likeness (QED) is 0.569. The van der Waals surface area contributed by atoms with Crippen LogP contribution < -0.4 is 5.32 Å². The molecule has 0 bridgehead atoms. The zero-order chi connectivity index (χ0) is 15.5. The molecular formula is C20H18BrN. The molecule has 0 amide bonds. The summed E-state index contributed by atoms with van der Waals surface area (Å²) in [7, 11) is 0. The molecule has 1 nitrogen and oxygen atoms in total. The predicted molar refractivity (Wildman–Crippen MR) is 98.8 cm³/mol. The third kappa shape index (κ3) is 3.40. The zero-order valence-electron chi connectivity index (χ0n) is 12.7. The zero-order valence-corrected chi connectivity index (χ0v) is 14.3. The Kier molecular flexibility index (Phi) is 4.30. The summed E-state index contributed by atoms with van der Waals surface area (Å²) >= 11 is 3.47. The van der Waals surface area contributed by atoms with Crippen molar-refractivity contribution >= 4 is 27.3 Å². The lowest BCUT2D eigenvalue weighted by atomic mass is 10.1. The number of nitrogens with one attached hydrogen (secondary N) is 1. The third-order valence-electron chi connectivity index (χ3n) is 3.72. The van der Waals surface area contributed by atoms with Gasteiger partial charge in [0.1, 0.15) is 0 Å². The maximum atomic E-state index is 3.48. The fourth-order valence-electron chi connectivity index (χ4n) is 2.50. The van der Waals surface area contributed by atoms with E-state index in [2.05, 4.69) is 102 Å². The molecule has 110 valence electrons. The third-order valence-corrected chi connectivity index (χ3v) is 4.25. The second-order valence-electron chi connectivity index (χ2n) is 5.53. The van der Waals surface area contributed by atoms with Crippen molar-refractivity contribution in [3.63, 3.8) is 0 Å². The maximum absolute atomic E-state index is 3.48. The smallest absolute Gasteiger partial charge is 0.0414 e. The van der Waals surface area contributed by atoms with Gasteiger partial charge < -0.3 is 5.32 Å². The first-order chi connectivity index (χ1) is 10.6. The number of rotatable bonds is 3. The van der Waals surface area contributed by atoms with Gasteiger partial charge in [0.2, 0.25) is 0 Å². The van der Waals surface area contributed by atoms with Gasteiger partial charge in [0.05, 0.1) is 0 Å². The highest BCUT2D eigenvalue weighted by Crippen LogP contribution is 2.26. The van der Waals surface area contributed by atoms with Crippen molar-refractivity contribution in [3.05, 3.63) is 82.3 Å². The number of hydrogen-bond donors (Lipinski definition) is 1. The topological polar surface area (TPSA) is 12.0 Å². The predicted octanol–water partition coefficient (Wildman–Crippen LogP) is 6.48. The highest BCUT2D eigenvalue weighted by atomic mass is 79.9. The molecule has 0 spiro atoms. The van der Waals surface area contributed by atoms with Crippen LogP contribution in [0.1, 0.15) is 11.1 Å². The van der Waals surface area contributed by atoms with E-state index in [4.69, 9.17) is 0 Å². The Bertz CT molecular complexity index is 774. The summed E-state index contributed by atoms with van der Waals surface area (Å²) < 4.78 is 1.10. The summed E-state index contributed by atoms with van der Waals surface area (Å²) in [6, 6.07) is 23.4. The Hall–Kier alpha value is -2.06. The van der Waals surface area contributed by atoms with Crippen molar-refractivity contribution in [1.29, 1.82) is 0 Å². The molecule has 2 heteroatoms. The number of anilines is 2. The SMILES string of the molecule is Cc1ccc(Nc2ccc(-c3ccc(Br)cc3)cc2)c(C)c1. The van der Waals surface area contributed by atoms with E-state index in [-0.39, 0.29) is 0 Å². The molecule has 22 heavy (non-hydrogen) atoms. The highest BCUT2D eigenvalue weighted by Gasteiger charge is 2.01. The van der Waals surface area contributed by atoms with Gasteiger partial charge in [-0.05, 0) is 60.9 Å². The molecule has 3 rings (SSSR count). The highest BCUT2D eigenvalue weighted by molar-refractivity contribution is 9.10. The van der Waals surface area contributed by atoms with Crippen molar-refractivity contribution in [1.82, 2.24) is 0 Å². The van der Waals surface area contributed by atoms with Crippen molar-refractivity contribution in [2.45, 2.75) is 13.8 Å². The molecule has 0 aromatic heterocycles. The monoisotopic (exact) mass is 351 g/mol. The van der Waals surface area contributed by atoms with E-state index in [1.165, 1.54) is 22.3 Å². The van der Waals surface area contributed by atoms with Crippen molar-refractivity contribution < 1.29 is 0 Å². The van der Waals surface area contributed by atoms with E-state index >= 15 is 0 Å². The molecule has 0 atom stereocenters.